The number of carbonyl (C=O) groups is 1. The molecule has 7 nitrogen and oxygen atoms in total. The Morgan fingerprint density at radius 3 is 2.83 bits per heavy atom. The van der Waals surface area contributed by atoms with E-state index >= 15 is 0 Å². The summed E-state index contributed by atoms with van der Waals surface area (Å²) in [6.07, 6.45) is 5.14. The van der Waals surface area contributed by atoms with Crippen LogP contribution in [-0.2, 0) is 25.8 Å². The quantitative estimate of drug-likeness (QED) is 0.719. The van der Waals surface area contributed by atoms with E-state index in [-0.39, 0.29) is 23.1 Å². The lowest BCUT2D eigenvalue weighted by atomic mass is 10.1. The van der Waals surface area contributed by atoms with Crippen LogP contribution in [0.5, 0.6) is 0 Å². The molecule has 1 unspecified atom stereocenters. The summed E-state index contributed by atoms with van der Waals surface area (Å²) in [7, 11) is 0. The van der Waals surface area contributed by atoms with E-state index < -0.39 is 0 Å². The maximum atomic E-state index is 12.8. The van der Waals surface area contributed by atoms with E-state index in [1.54, 1.807) is 6.07 Å². The zero-order chi connectivity index (χ0) is 19.8. The van der Waals surface area contributed by atoms with E-state index in [0.29, 0.717) is 0 Å². The highest BCUT2D eigenvalue weighted by atomic mass is 16.2. The Kier molecular flexibility index (Phi) is 4.50. The Morgan fingerprint density at radius 2 is 1.97 bits per heavy atom. The van der Waals surface area contributed by atoms with Gasteiger partial charge in [-0.05, 0) is 43.7 Å². The molecule has 0 saturated carbocycles. The number of hydrogen-bond acceptors (Lipinski definition) is 4. The van der Waals surface area contributed by atoms with Crippen LogP contribution in [0.2, 0.25) is 0 Å². The van der Waals surface area contributed by atoms with Crippen LogP contribution in [0.1, 0.15) is 46.7 Å². The van der Waals surface area contributed by atoms with Crippen LogP contribution in [-0.4, -0.2) is 31.7 Å². The number of benzene rings is 1. The molecule has 0 fully saturated rings. The number of amides is 1. The second kappa shape index (κ2) is 7.31. The lowest BCUT2D eigenvalue weighted by molar-refractivity contribution is 0.0931. The number of nitrogens with one attached hydrogen (secondary N) is 2. The number of aromatic nitrogens is 4. The molecule has 1 atom stereocenters. The van der Waals surface area contributed by atoms with Gasteiger partial charge in [0.15, 0.2) is 5.82 Å². The first-order chi connectivity index (χ1) is 14.2. The molecule has 0 spiro atoms. The third-order valence-corrected chi connectivity index (χ3v) is 5.94. The molecule has 2 aromatic heterocycles. The maximum Gasteiger partial charge on any atom is 0.261 e. The second-order valence-corrected chi connectivity index (χ2v) is 7.82. The molecule has 7 heteroatoms. The number of aromatic amines is 1. The highest BCUT2D eigenvalue weighted by molar-refractivity contribution is 5.94. The largest absolute Gasteiger partial charge is 0.349 e. The predicted molar refractivity (Wildman–Crippen MR) is 109 cm³/mol. The van der Waals surface area contributed by atoms with Gasteiger partial charge in [0.2, 0.25) is 0 Å². The Labute approximate surface area is 168 Å². The molecule has 0 bridgehead atoms. The molecule has 0 radical (unpaired) electrons. The van der Waals surface area contributed by atoms with E-state index in [4.69, 9.17) is 0 Å². The van der Waals surface area contributed by atoms with Crippen LogP contribution in [0.15, 0.2) is 41.2 Å². The number of nitrogens with zero attached hydrogens (tertiary/aromatic N) is 3. The average Bonchev–Trinajstić information content (AvgIpc) is 3.31. The van der Waals surface area contributed by atoms with Crippen molar-refractivity contribution in [1.82, 2.24) is 25.1 Å². The molecule has 148 valence electrons. The van der Waals surface area contributed by atoms with Gasteiger partial charge in [-0.2, -0.15) is 0 Å². The summed E-state index contributed by atoms with van der Waals surface area (Å²) >= 11 is 0. The molecule has 1 aromatic carbocycles. The van der Waals surface area contributed by atoms with Crippen molar-refractivity contribution in [2.45, 2.75) is 51.1 Å². The van der Waals surface area contributed by atoms with Crippen LogP contribution in [0, 0.1) is 0 Å². The Morgan fingerprint density at radius 1 is 1.10 bits per heavy atom. The summed E-state index contributed by atoms with van der Waals surface area (Å²) < 4.78 is 2.14. The van der Waals surface area contributed by atoms with Gasteiger partial charge < -0.3 is 14.9 Å². The molecule has 29 heavy (non-hydrogen) atoms. The minimum absolute atomic E-state index is 0.000443. The smallest absolute Gasteiger partial charge is 0.261 e. The Hall–Kier alpha value is -3.22. The van der Waals surface area contributed by atoms with Crippen LogP contribution in [0.25, 0.3) is 11.4 Å². The van der Waals surface area contributed by atoms with E-state index in [0.717, 1.165) is 73.5 Å². The lowest BCUT2D eigenvalue weighted by Gasteiger charge is -2.16. The fourth-order valence-corrected chi connectivity index (χ4v) is 4.38. The molecule has 2 aliphatic rings. The summed E-state index contributed by atoms with van der Waals surface area (Å²) in [6.45, 7) is 0.734. The fourth-order valence-electron chi connectivity index (χ4n) is 4.38. The highest BCUT2D eigenvalue weighted by Gasteiger charge is 2.24. The van der Waals surface area contributed by atoms with Gasteiger partial charge in [0.05, 0.1) is 0 Å². The fraction of sp³-hybridized carbons (Fsp3) is 0.364. The average molecular weight is 389 g/mol. The number of rotatable bonds is 3. The van der Waals surface area contributed by atoms with Gasteiger partial charge in [0.25, 0.3) is 11.5 Å². The molecular formula is C22H23N5O2. The SMILES string of the molecule is O=C(NC1CCc2nnc(-c3ccccc3)n2CC1)c1cc2c([nH]c1=O)CCC2. The first-order valence-corrected chi connectivity index (χ1v) is 10.2. The van der Waals surface area contributed by atoms with Gasteiger partial charge in [-0.15, -0.1) is 10.2 Å². The number of carbonyl (C=O) groups excluding carboxylic acids is 1. The summed E-state index contributed by atoms with van der Waals surface area (Å²) in [5, 5.41) is 11.8. The van der Waals surface area contributed by atoms with Crippen molar-refractivity contribution in [1.29, 1.82) is 0 Å². The Bertz CT molecular complexity index is 1120. The Balaban J connectivity index is 1.31. The summed E-state index contributed by atoms with van der Waals surface area (Å²) in [5.41, 5.74) is 3.04. The molecule has 3 heterocycles. The minimum atomic E-state index is -0.291. The third-order valence-electron chi connectivity index (χ3n) is 5.94. The predicted octanol–water partition coefficient (Wildman–Crippen LogP) is 2.26. The second-order valence-electron chi connectivity index (χ2n) is 7.82. The molecule has 1 amide bonds. The zero-order valence-electron chi connectivity index (χ0n) is 16.1. The zero-order valence-corrected chi connectivity index (χ0v) is 16.1. The minimum Gasteiger partial charge on any atom is -0.349 e. The summed E-state index contributed by atoms with van der Waals surface area (Å²) in [6, 6.07) is 11.8. The van der Waals surface area contributed by atoms with Crippen LogP contribution >= 0.6 is 0 Å². The third kappa shape index (κ3) is 3.37. The van der Waals surface area contributed by atoms with Crippen molar-refractivity contribution in [3.05, 3.63) is 69.4 Å². The van der Waals surface area contributed by atoms with Crippen molar-refractivity contribution in [2.24, 2.45) is 0 Å². The number of pyridine rings is 1. The molecule has 3 aromatic rings. The van der Waals surface area contributed by atoms with E-state index in [2.05, 4.69) is 25.1 Å². The maximum absolute atomic E-state index is 12.8. The van der Waals surface area contributed by atoms with E-state index in [1.165, 1.54) is 0 Å². The molecule has 2 N–H and O–H groups in total. The van der Waals surface area contributed by atoms with Crippen molar-refractivity contribution in [3.8, 4) is 11.4 Å². The summed E-state index contributed by atoms with van der Waals surface area (Å²) in [4.78, 5) is 28.0. The number of H-pyrrole nitrogens is 1. The van der Waals surface area contributed by atoms with Gasteiger partial charge in [0.1, 0.15) is 11.4 Å². The molecule has 1 aliphatic heterocycles. The van der Waals surface area contributed by atoms with Crippen LogP contribution in [0.4, 0.5) is 0 Å². The molecule has 5 rings (SSSR count). The monoisotopic (exact) mass is 389 g/mol. The number of aryl methyl sites for hydroxylation is 3. The van der Waals surface area contributed by atoms with Crippen LogP contribution in [0.3, 0.4) is 0 Å². The van der Waals surface area contributed by atoms with Crippen LogP contribution < -0.4 is 10.9 Å². The van der Waals surface area contributed by atoms with Crippen molar-refractivity contribution in [2.75, 3.05) is 0 Å². The number of fused-ring (bicyclic) bond motifs is 2. The number of hydrogen-bond donors (Lipinski definition) is 2. The van der Waals surface area contributed by atoms with Gasteiger partial charge in [0, 0.05) is 30.3 Å². The van der Waals surface area contributed by atoms with Gasteiger partial charge >= 0.3 is 0 Å². The first-order valence-electron chi connectivity index (χ1n) is 10.2. The molecule has 0 saturated heterocycles. The van der Waals surface area contributed by atoms with Crippen molar-refractivity contribution in [3.63, 3.8) is 0 Å². The standard InChI is InChI=1S/C22H23N5O2/c28-21(17-13-15-7-4-8-18(15)24-22(17)29)23-16-9-10-19-25-26-20(27(19)12-11-16)14-5-2-1-3-6-14/h1-3,5-6,13,16H,4,7-12H2,(H,23,28)(H,24,29). The van der Waals surface area contributed by atoms with Gasteiger partial charge in [-0.1, -0.05) is 30.3 Å². The van der Waals surface area contributed by atoms with Gasteiger partial charge in [-0.3, -0.25) is 9.59 Å². The first kappa shape index (κ1) is 17.8. The van der Waals surface area contributed by atoms with E-state index in [1.807, 2.05) is 30.3 Å². The van der Waals surface area contributed by atoms with Crippen molar-refractivity contribution < 1.29 is 4.79 Å². The summed E-state index contributed by atoms with van der Waals surface area (Å²) in [5.74, 6) is 1.52. The van der Waals surface area contributed by atoms with E-state index in [9.17, 15) is 9.59 Å². The normalized spacial score (nSPS) is 18.0. The topological polar surface area (TPSA) is 92.7 Å². The van der Waals surface area contributed by atoms with Crippen molar-refractivity contribution >= 4 is 5.91 Å². The van der Waals surface area contributed by atoms with Gasteiger partial charge in [-0.25, -0.2) is 0 Å². The lowest BCUT2D eigenvalue weighted by Crippen LogP contribution is -2.38. The highest BCUT2D eigenvalue weighted by Crippen LogP contribution is 2.23. The molecular weight excluding hydrogens is 366 g/mol. The molecule has 1 aliphatic carbocycles.